The van der Waals surface area contributed by atoms with Crippen LogP contribution in [-0.4, -0.2) is 27.1 Å². The largest absolute Gasteiger partial charge is 0.334 e. The molecule has 0 saturated heterocycles. The number of hydrogen-bond acceptors (Lipinski definition) is 3. The summed E-state index contributed by atoms with van der Waals surface area (Å²) in [6.07, 6.45) is 12.9. The Morgan fingerprint density at radius 2 is 2.28 bits per heavy atom. The number of aryl methyl sites for hydroxylation is 1. The number of nitrogens with zero attached hydrogens (tertiary/aromatic N) is 2. The summed E-state index contributed by atoms with van der Waals surface area (Å²) in [5, 5.41) is 4.51. The van der Waals surface area contributed by atoms with Crippen molar-refractivity contribution in [1.29, 1.82) is 0 Å². The number of thioether (sulfide) groups is 1. The van der Waals surface area contributed by atoms with E-state index in [9.17, 15) is 0 Å². The van der Waals surface area contributed by atoms with Crippen LogP contribution in [0, 0.1) is 0 Å². The summed E-state index contributed by atoms with van der Waals surface area (Å²) in [7, 11) is 0. The minimum Gasteiger partial charge on any atom is -0.334 e. The van der Waals surface area contributed by atoms with Crippen molar-refractivity contribution in [2.45, 2.75) is 63.4 Å². The molecule has 4 heteroatoms. The lowest BCUT2D eigenvalue weighted by molar-refractivity contribution is 0.377. The van der Waals surface area contributed by atoms with E-state index in [4.69, 9.17) is 0 Å². The summed E-state index contributed by atoms with van der Waals surface area (Å²) >= 11 is 2.02. The van der Waals surface area contributed by atoms with Gasteiger partial charge in [-0.2, -0.15) is 11.8 Å². The number of aromatic nitrogens is 2. The van der Waals surface area contributed by atoms with E-state index in [0.717, 1.165) is 18.3 Å². The van der Waals surface area contributed by atoms with Crippen LogP contribution in [-0.2, 0) is 13.1 Å². The van der Waals surface area contributed by atoms with Crippen molar-refractivity contribution in [3.8, 4) is 0 Å². The molecule has 2 atom stereocenters. The monoisotopic (exact) mass is 267 g/mol. The van der Waals surface area contributed by atoms with Gasteiger partial charge in [-0.1, -0.05) is 19.8 Å². The first-order valence-electron chi connectivity index (χ1n) is 7.11. The summed E-state index contributed by atoms with van der Waals surface area (Å²) in [4.78, 5) is 4.46. The second-order valence-electron chi connectivity index (χ2n) is 5.08. The van der Waals surface area contributed by atoms with Gasteiger partial charge in [-0.3, -0.25) is 0 Å². The molecule has 0 aromatic carbocycles. The van der Waals surface area contributed by atoms with Crippen molar-refractivity contribution >= 4 is 11.8 Å². The molecule has 1 saturated carbocycles. The Morgan fingerprint density at radius 3 is 3.06 bits per heavy atom. The molecule has 1 fully saturated rings. The number of rotatable bonds is 6. The van der Waals surface area contributed by atoms with Gasteiger partial charge in [0.2, 0.25) is 0 Å². The number of imidazole rings is 1. The molecule has 18 heavy (non-hydrogen) atoms. The molecule has 3 nitrogen and oxygen atoms in total. The highest BCUT2D eigenvalue weighted by atomic mass is 32.2. The van der Waals surface area contributed by atoms with Gasteiger partial charge in [-0.25, -0.2) is 4.98 Å². The quantitative estimate of drug-likeness (QED) is 0.859. The molecule has 102 valence electrons. The highest BCUT2D eigenvalue weighted by Gasteiger charge is 2.23. The molecule has 1 N–H and O–H groups in total. The standard InChI is InChI=1S/C14H25N3S/c1-3-9-17-10-8-15-14(17)11-16-12-6-4-5-7-13(12)18-2/h8,10,12-13,16H,3-7,9,11H2,1-2H3. The molecule has 0 radical (unpaired) electrons. The second kappa shape index (κ2) is 7.19. The van der Waals surface area contributed by atoms with Crippen molar-refractivity contribution in [2.75, 3.05) is 6.26 Å². The van der Waals surface area contributed by atoms with Crippen LogP contribution in [0.2, 0.25) is 0 Å². The van der Waals surface area contributed by atoms with Crippen molar-refractivity contribution in [2.24, 2.45) is 0 Å². The number of hydrogen-bond donors (Lipinski definition) is 1. The Bertz CT molecular complexity index is 351. The Hall–Kier alpha value is -0.480. The first kappa shape index (κ1) is 13.9. The van der Waals surface area contributed by atoms with Gasteiger partial charge in [0.05, 0.1) is 6.54 Å². The Morgan fingerprint density at radius 1 is 1.44 bits per heavy atom. The van der Waals surface area contributed by atoms with Gasteiger partial charge < -0.3 is 9.88 Å². The molecule has 0 spiro atoms. The first-order valence-corrected chi connectivity index (χ1v) is 8.40. The molecule has 1 aliphatic rings. The van der Waals surface area contributed by atoms with Crippen LogP contribution < -0.4 is 5.32 Å². The summed E-state index contributed by atoms with van der Waals surface area (Å²) in [6, 6.07) is 0.667. The highest BCUT2D eigenvalue weighted by Crippen LogP contribution is 2.27. The predicted octanol–water partition coefficient (Wildman–Crippen LogP) is 3.06. The van der Waals surface area contributed by atoms with Crippen LogP contribution in [0.4, 0.5) is 0 Å². The van der Waals surface area contributed by atoms with Gasteiger partial charge in [0.1, 0.15) is 5.82 Å². The molecule has 0 bridgehead atoms. The minimum absolute atomic E-state index is 0.667. The molecular formula is C14H25N3S. The average molecular weight is 267 g/mol. The summed E-state index contributed by atoms with van der Waals surface area (Å²) in [5.41, 5.74) is 0. The molecule has 1 aliphatic carbocycles. The molecule has 0 aliphatic heterocycles. The first-order chi connectivity index (χ1) is 8.85. The summed E-state index contributed by atoms with van der Waals surface area (Å²) in [6.45, 7) is 4.20. The third-order valence-corrected chi connectivity index (χ3v) is 4.96. The third-order valence-electron chi connectivity index (χ3n) is 3.79. The second-order valence-corrected chi connectivity index (χ2v) is 6.16. The average Bonchev–Trinajstić information content (AvgIpc) is 2.84. The summed E-state index contributed by atoms with van der Waals surface area (Å²) < 4.78 is 2.27. The van der Waals surface area contributed by atoms with Crippen LogP contribution in [0.15, 0.2) is 12.4 Å². The van der Waals surface area contributed by atoms with Gasteiger partial charge in [-0.05, 0) is 25.5 Å². The van der Waals surface area contributed by atoms with Gasteiger partial charge in [-0.15, -0.1) is 0 Å². The normalized spacial score (nSPS) is 24.3. The lowest BCUT2D eigenvalue weighted by Crippen LogP contribution is -2.40. The zero-order chi connectivity index (χ0) is 12.8. The lowest BCUT2D eigenvalue weighted by Gasteiger charge is -2.31. The minimum atomic E-state index is 0.667. The van der Waals surface area contributed by atoms with Crippen LogP contribution in [0.5, 0.6) is 0 Å². The lowest BCUT2D eigenvalue weighted by atomic mass is 9.95. The van der Waals surface area contributed by atoms with Gasteiger partial charge in [0.15, 0.2) is 0 Å². The highest BCUT2D eigenvalue weighted by molar-refractivity contribution is 7.99. The van der Waals surface area contributed by atoms with Gasteiger partial charge in [0, 0.05) is 30.2 Å². The molecule has 1 aromatic rings. The van der Waals surface area contributed by atoms with Crippen molar-refractivity contribution < 1.29 is 0 Å². The third kappa shape index (κ3) is 3.51. The Kier molecular flexibility index (Phi) is 5.57. The van der Waals surface area contributed by atoms with Gasteiger partial charge in [0.25, 0.3) is 0 Å². The SMILES string of the molecule is CCCn1ccnc1CNC1CCCCC1SC. The number of nitrogens with one attached hydrogen (secondary N) is 1. The fraction of sp³-hybridized carbons (Fsp3) is 0.786. The molecule has 0 amide bonds. The summed E-state index contributed by atoms with van der Waals surface area (Å²) in [5.74, 6) is 1.18. The Balaban J connectivity index is 1.87. The maximum Gasteiger partial charge on any atom is 0.122 e. The van der Waals surface area contributed by atoms with Gasteiger partial charge >= 0.3 is 0 Å². The van der Waals surface area contributed by atoms with E-state index in [1.165, 1.54) is 37.9 Å². The zero-order valence-corrected chi connectivity index (χ0v) is 12.4. The molecule has 2 rings (SSSR count). The Labute approximate surface area is 115 Å². The molecule has 2 unspecified atom stereocenters. The molecule has 1 aromatic heterocycles. The van der Waals surface area contributed by atoms with Crippen molar-refractivity contribution in [3.05, 3.63) is 18.2 Å². The van der Waals surface area contributed by atoms with Crippen LogP contribution >= 0.6 is 11.8 Å². The van der Waals surface area contributed by atoms with Crippen LogP contribution in [0.25, 0.3) is 0 Å². The predicted molar refractivity (Wildman–Crippen MR) is 78.9 cm³/mol. The van der Waals surface area contributed by atoms with E-state index in [-0.39, 0.29) is 0 Å². The van der Waals surface area contributed by atoms with E-state index < -0.39 is 0 Å². The van der Waals surface area contributed by atoms with Crippen molar-refractivity contribution in [1.82, 2.24) is 14.9 Å². The fourth-order valence-corrected chi connectivity index (χ4v) is 3.75. The maximum absolute atomic E-state index is 4.46. The van der Waals surface area contributed by atoms with E-state index >= 15 is 0 Å². The van der Waals surface area contributed by atoms with Crippen LogP contribution in [0.3, 0.4) is 0 Å². The topological polar surface area (TPSA) is 29.9 Å². The smallest absolute Gasteiger partial charge is 0.122 e. The van der Waals surface area contributed by atoms with E-state index in [0.29, 0.717) is 6.04 Å². The van der Waals surface area contributed by atoms with E-state index in [1.54, 1.807) is 0 Å². The van der Waals surface area contributed by atoms with E-state index in [1.807, 2.05) is 18.0 Å². The van der Waals surface area contributed by atoms with E-state index in [2.05, 4.69) is 34.2 Å². The fourth-order valence-electron chi connectivity index (χ4n) is 2.79. The van der Waals surface area contributed by atoms with Crippen LogP contribution in [0.1, 0.15) is 44.9 Å². The zero-order valence-electron chi connectivity index (χ0n) is 11.6. The maximum atomic E-state index is 4.46. The molecule has 1 heterocycles. The molecular weight excluding hydrogens is 242 g/mol. The van der Waals surface area contributed by atoms with Crippen molar-refractivity contribution in [3.63, 3.8) is 0 Å².